The van der Waals surface area contributed by atoms with E-state index in [1.165, 1.54) is 6.42 Å². The summed E-state index contributed by atoms with van der Waals surface area (Å²) in [6.07, 6.45) is 11.4. The van der Waals surface area contributed by atoms with E-state index < -0.39 is 0 Å². The Balaban J connectivity index is 1.69. The third-order valence-corrected chi connectivity index (χ3v) is 5.09. The molecule has 0 spiro atoms. The Bertz CT molecular complexity index is 845. The van der Waals surface area contributed by atoms with Gasteiger partial charge in [0.05, 0.1) is 0 Å². The van der Waals surface area contributed by atoms with Crippen LogP contribution in [0.5, 0.6) is 0 Å². The van der Waals surface area contributed by atoms with Gasteiger partial charge in [-0.15, -0.1) is 0 Å². The zero-order valence-corrected chi connectivity index (χ0v) is 14.9. The van der Waals surface area contributed by atoms with Gasteiger partial charge in [-0.1, -0.05) is 50.0 Å². The number of hydrogen-bond donors (Lipinski definition) is 2. The molecule has 1 saturated carbocycles. The summed E-state index contributed by atoms with van der Waals surface area (Å²) in [6.45, 7) is 0.606. The van der Waals surface area contributed by atoms with Crippen LogP contribution in [0.4, 0.5) is 0 Å². The number of amides is 2. The van der Waals surface area contributed by atoms with Crippen molar-refractivity contribution in [1.29, 1.82) is 0 Å². The largest absolute Gasteiger partial charge is 0.356 e. The normalized spacial score (nSPS) is 14.6. The molecule has 4 nitrogen and oxygen atoms in total. The van der Waals surface area contributed by atoms with Crippen LogP contribution in [0.1, 0.15) is 48.0 Å². The molecule has 3 rings (SSSR count). The van der Waals surface area contributed by atoms with Crippen LogP contribution in [0, 0.1) is 18.4 Å². The van der Waals surface area contributed by atoms with E-state index in [1.807, 2.05) is 30.3 Å². The van der Waals surface area contributed by atoms with Gasteiger partial charge in [-0.25, -0.2) is 0 Å². The summed E-state index contributed by atoms with van der Waals surface area (Å²) in [4.78, 5) is 24.3. The van der Waals surface area contributed by atoms with Crippen molar-refractivity contribution >= 4 is 22.6 Å². The minimum absolute atomic E-state index is 0.176. The summed E-state index contributed by atoms with van der Waals surface area (Å²) in [7, 11) is 0. The molecule has 0 radical (unpaired) electrons. The number of carbonyl (C=O) groups is 2. The Morgan fingerprint density at radius 1 is 1.12 bits per heavy atom. The Hall–Kier alpha value is -2.80. The van der Waals surface area contributed by atoms with Gasteiger partial charge in [-0.05, 0) is 47.7 Å². The first-order valence-electron chi connectivity index (χ1n) is 9.24. The number of nitrogens with one attached hydrogen (secondary N) is 2. The van der Waals surface area contributed by atoms with Crippen molar-refractivity contribution < 1.29 is 9.59 Å². The third kappa shape index (κ3) is 4.23. The van der Waals surface area contributed by atoms with Crippen molar-refractivity contribution in [3.8, 4) is 12.5 Å². The summed E-state index contributed by atoms with van der Waals surface area (Å²) in [5.41, 5.74) is 1.65. The summed E-state index contributed by atoms with van der Waals surface area (Å²) < 4.78 is 0. The van der Waals surface area contributed by atoms with Gasteiger partial charge in [-0.3, -0.25) is 14.9 Å². The van der Waals surface area contributed by atoms with Gasteiger partial charge in [0, 0.05) is 24.1 Å². The Kier molecular flexibility index (Phi) is 5.91. The van der Waals surface area contributed by atoms with E-state index in [-0.39, 0.29) is 17.7 Å². The minimum Gasteiger partial charge on any atom is -0.356 e. The van der Waals surface area contributed by atoms with Crippen molar-refractivity contribution in [2.45, 2.75) is 38.5 Å². The van der Waals surface area contributed by atoms with Crippen molar-refractivity contribution in [2.75, 3.05) is 6.54 Å². The molecule has 2 N–H and O–H groups in total. The molecule has 0 saturated heterocycles. The predicted molar refractivity (Wildman–Crippen MR) is 104 cm³/mol. The van der Waals surface area contributed by atoms with Gasteiger partial charge < -0.3 is 5.32 Å². The average molecular weight is 348 g/mol. The highest BCUT2D eigenvalue weighted by Gasteiger charge is 2.20. The Morgan fingerprint density at radius 2 is 1.92 bits per heavy atom. The van der Waals surface area contributed by atoms with Crippen molar-refractivity contribution in [3.05, 3.63) is 47.5 Å². The van der Waals surface area contributed by atoms with E-state index in [0.29, 0.717) is 12.1 Å². The van der Waals surface area contributed by atoms with E-state index in [9.17, 15) is 9.59 Å². The van der Waals surface area contributed by atoms with Crippen LogP contribution in [0.25, 0.3) is 10.8 Å². The minimum atomic E-state index is -0.283. The highest BCUT2D eigenvalue weighted by molar-refractivity contribution is 6.00. The van der Waals surface area contributed by atoms with Crippen LogP contribution in [0.3, 0.4) is 0 Å². The molecule has 2 aromatic carbocycles. The van der Waals surface area contributed by atoms with Gasteiger partial charge in [0.15, 0.2) is 0 Å². The lowest BCUT2D eigenvalue weighted by Gasteiger charge is -2.20. The van der Waals surface area contributed by atoms with Gasteiger partial charge in [0.25, 0.3) is 5.91 Å². The summed E-state index contributed by atoms with van der Waals surface area (Å²) >= 11 is 0. The molecule has 2 amide bonds. The molecular formula is C22H24N2O2. The zero-order chi connectivity index (χ0) is 18.4. The maximum absolute atomic E-state index is 12.3. The van der Waals surface area contributed by atoms with E-state index >= 15 is 0 Å². The third-order valence-electron chi connectivity index (χ3n) is 5.09. The second-order valence-corrected chi connectivity index (χ2v) is 6.83. The van der Waals surface area contributed by atoms with Crippen molar-refractivity contribution in [1.82, 2.24) is 10.6 Å². The highest BCUT2D eigenvalue weighted by Crippen LogP contribution is 2.24. The van der Waals surface area contributed by atoms with E-state index in [1.54, 1.807) is 6.07 Å². The van der Waals surface area contributed by atoms with Gasteiger partial charge >= 0.3 is 0 Å². The molecule has 0 heterocycles. The first-order valence-corrected chi connectivity index (χ1v) is 9.24. The SMILES string of the molecule is C#CNC(=O)c1ccc2cccc(CCNC(=O)C3CCCCC3)c2c1. The molecule has 4 heteroatoms. The van der Waals surface area contributed by atoms with Gasteiger partial charge in [-0.2, -0.15) is 0 Å². The second-order valence-electron chi connectivity index (χ2n) is 6.83. The molecule has 1 fully saturated rings. The van der Waals surface area contributed by atoms with Crippen LogP contribution in [0.2, 0.25) is 0 Å². The summed E-state index contributed by atoms with van der Waals surface area (Å²) in [5, 5.41) is 7.54. The fourth-order valence-corrected chi connectivity index (χ4v) is 3.66. The monoisotopic (exact) mass is 348 g/mol. The smallest absolute Gasteiger partial charge is 0.262 e. The zero-order valence-electron chi connectivity index (χ0n) is 14.9. The lowest BCUT2D eigenvalue weighted by molar-refractivity contribution is -0.125. The highest BCUT2D eigenvalue weighted by atomic mass is 16.2. The number of carbonyl (C=O) groups excluding carboxylic acids is 2. The first kappa shape index (κ1) is 18.0. The van der Waals surface area contributed by atoms with Gasteiger partial charge in [0.2, 0.25) is 5.91 Å². The van der Waals surface area contributed by atoms with Crippen molar-refractivity contribution in [2.24, 2.45) is 5.92 Å². The maximum Gasteiger partial charge on any atom is 0.262 e. The lowest BCUT2D eigenvalue weighted by Crippen LogP contribution is -2.33. The first-order chi connectivity index (χ1) is 12.7. The molecule has 0 bridgehead atoms. The van der Waals surface area contributed by atoms with Crippen LogP contribution in [0.15, 0.2) is 36.4 Å². The van der Waals surface area contributed by atoms with E-state index in [2.05, 4.69) is 16.7 Å². The van der Waals surface area contributed by atoms with Crippen LogP contribution >= 0.6 is 0 Å². The predicted octanol–water partition coefficient (Wildman–Crippen LogP) is 3.40. The maximum atomic E-state index is 12.3. The lowest BCUT2D eigenvalue weighted by atomic mass is 9.88. The molecule has 26 heavy (non-hydrogen) atoms. The average Bonchev–Trinajstić information content (AvgIpc) is 2.68. The Morgan fingerprint density at radius 3 is 2.69 bits per heavy atom. The molecular weight excluding hydrogens is 324 g/mol. The number of benzene rings is 2. The number of terminal acetylenes is 1. The molecule has 2 aromatic rings. The summed E-state index contributed by atoms with van der Waals surface area (Å²) in [5.74, 6) is 0.0733. The number of fused-ring (bicyclic) bond motifs is 1. The fraction of sp³-hybridized carbons (Fsp3) is 0.364. The van der Waals surface area contributed by atoms with Crippen molar-refractivity contribution in [3.63, 3.8) is 0 Å². The summed E-state index contributed by atoms with van der Waals surface area (Å²) in [6, 6.07) is 13.8. The van der Waals surface area contributed by atoms with Crippen LogP contribution in [-0.4, -0.2) is 18.4 Å². The Labute approximate surface area is 154 Å². The molecule has 1 aliphatic carbocycles. The van der Waals surface area contributed by atoms with Crippen LogP contribution in [-0.2, 0) is 11.2 Å². The number of rotatable bonds is 5. The topological polar surface area (TPSA) is 58.2 Å². The quantitative estimate of drug-likeness (QED) is 0.643. The van der Waals surface area contributed by atoms with E-state index in [4.69, 9.17) is 6.42 Å². The molecule has 0 atom stereocenters. The standard InChI is InChI=1S/C22H24N2O2/c1-2-23-22(26)19-12-11-16-9-6-10-17(20(16)15-19)13-14-24-21(25)18-7-4-3-5-8-18/h1,6,9-12,15,18H,3-5,7-8,13-14H2,(H,23,26)(H,24,25). The molecule has 0 aliphatic heterocycles. The van der Waals surface area contributed by atoms with E-state index in [0.717, 1.165) is 48.4 Å². The van der Waals surface area contributed by atoms with Gasteiger partial charge in [0.1, 0.15) is 0 Å². The molecule has 1 aliphatic rings. The van der Waals surface area contributed by atoms with Crippen LogP contribution < -0.4 is 10.6 Å². The second kappa shape index (κ2) is 8.53. The number of hydrogen-bond acceptors (Lipinski definition) is 2. The molecule has 0 aromatic heterocycles. The molecule has 134 valence electrons. The molecule has 0 unspecified atom stereocenters. The fourth-order valence-electron chi connectivity index (χ4n) is 3.66.